The maximum absolute atomic E-state index is 8.94. The molecule has 96 valence electrons. The van der Waals surface area contributed by atoms with Crippen molar-refractivity contribution in [3.05, 3.63) is 17.2 Å². The van der Waals surface area contributed by atoms with Gasteiger partial charge in [-0.05, 0) is 19.3 Å². The smallest absolute Gasteiger partial charge is 0.128 e. The minimum absolute atomic E-state index is 0.255. The lowest BCUT2D eigenvalue weighted by molar-refractivity contribution is 0.105. The van der Waals surface area contributed by atoms with Gasteiger partial charge in [-0.3, -0.25) is 4.90 Å². The summed E-state index contributed by atoms with van der Waals surface area (Å²) in [4.78, 5) is 6.75. The molecule has 2 rings (SSSR count). The van der Waals surface area contributed by atoms with E-state index in [-0.39, 0.29) is 6.61 Å². The topological polar surface area (TPSA) is 41.3 Å². The van der Waals surface area contributed by atoms with Crippen LogP contribution in [0.15, 0.2) is 6.20 Å². The van der Waals surface area contributed by atoms with E-state index in [4.69, 9.17) is 16.7 Å². The zero-order chi connectivity index (χ0) is 12.3. The average molecular weight is 258 g/mol. The maximum atomic E-state index is 8.94. The Morgan fingerprint density at radius 3 is 2.82 bits per heavy atom. The maximum Gasteiger partial charge on any atom is 0.128 e. The summed E-state index contributed by atoms with van der Waals surface area (Å²) in [6, 6.07) is 0.664. The third kappa shape index (κ3) is 3.00. The Bertz CT molecular complexity index is 363. The van der Waals surface area contributed by atoms with E-state index in [0.29, 0.717) is 11.2 Å². The molecule has 1 aliphatic carbocycles. The Morgan fingerprint density at radius 2 is 2.35 bits per heavy atom. The van der Waals surface area contributed by atoms with Crippen LogP contribution in [0.25, 0.3) is 0 Å². The number of aromatic nitrogens is 2. The molecule has 0 radical (unpaired) electrons. The zero-order valence-corrected chi connectivity index (χ0v) is 11.0. The lowest BCUT2D eigenvalue weighted by Gasteiger charge is -2.37. The predicted molar refractivity (Wildman–Crippen MR) is 68.0 cm³/mol. The Balaban J connectivity index is 1.98. The number of hydrogen-bond donors (Lipinski definition) is 1. The average Bonchev–Trinajstić information content (AvgIpc) is 2.55. The van der Waals surface area contributed by atoms with Gasteiger partial charge in [0.05, 0.1) is 12.7 Å². The van der Waals surface area contributed by atoms with Crippen molar-refractivity contribution in [2.45, 2.75) is 38.3 Å². The van der Waals surface area contributed by atoms with Crippen molar-refractivity contribution in [2.75, 3.05) is 13.2 Å². The fraction of sp³-hybridized carbons (Fsp3) is 0.750. The van der Waals surface area contributed by atoms with Gasteiger partial charge in [-0.25, -0.2) is 4.98 Å². The monoisotopic (exact) mass is 257 g/mol. The van der Waals surface area contributed by atoms with Crippen molar-refractivity contribution in [2.24, 2.45) is 7.05 Å². The molecule has 1 N–H and O–H groups in total. The van der Waals surface area contributed by atoms with Gasteiger partial charge >= 0.3 is 0 Å². The molecule has 0 unspecified atom stereocenters. The van der Waals surface area contributed by atoms with Gasteiger partial charge in [-0.2, -0.15) is 0 Å². The van der Waals surface area contributed by atoms with Gasteiger partial charge in [0.1, 0.15) is 11.0 Å². The molecule has 1 heterocycles. The number of aliphatic hydroxyl groups excluding tert-OH is 1. The summed E-state index contributed by atoms with van der Waals surface area (Å²) in [5, 5.41) is 9.62. The van der Waals surface area contributed by atoms with Crippen molar-refractivity contribution >= 4 is 11.6 Å². The molecule has 0 saturated heterocycles. The largest absolute Gasteiger partial charge is 0.396 e. The molecule has 0 aliphatic heterocycles. The lowest BCUT2D eigenvalue weighted by Crippen LogP contribution is -2.41. The Hall–Kier alpha value is -0.580. The van der Waals surface area contributed by atoms with Crippen molar-refractivity contribution < 1.29 is 5.11 Å². The highest BCUT2D eigenvalue weighted by atomic mass is 35.5. The first-order chi connectivity index (χ1) is 8.22. The van der Waals surface area contributed by atoms with Crippen LogP contribution >= 0.6 is 11.6 Å². The SMILES string of the molecule is Cn1c(Cl)cnc1CN(CCCO)C1CCC1. The predicted octanol–water partition coefficient (Wildman–Crippen LogP) is 1.81. The van der Waals surface area contributed by atoms with E-state index in [2.05, 4.69) is 9.88 Å². The van der Waals surface area contributed by atoms with Gasteiger partial charge in [0.25, 0.3) is 0 Å². The van der Waals surface area contributed by atoms with Crippen LogP contribution in [0.1, 0.15) is 31.5 Å². The van der Waals surface area contributed by atoms with E-state index in [1.807, 2.05) is 11.6 Å². The van der Waals surface area contributed by atoms with Crippen LogP contribution < -0.4 is 0 Å². The molecule has 0 bridgehead atoms. The highest BCUT2D eigenvalue weighted by Crippen LogP contribution is 2.26. The molecule has 17 heavy (non-hydrogen) atoms. The van der Waals surface area contributed by atoms with E-state index >= 15 is 0 Å². The number of rotatable bonds is 6. The van der Waals surface area contributed by atoms with Crippen molar-refractivity contribution in [3.63, 3.8) is 0 Å². The van der Waals surface area contributed by atoms with Gasteiger partial charge in [0, 0.05) is 26.2 Å². The molecule has 1 aromatic rings. The molecule has 0 amide bonds. The second-order valence-electron chi connectivity index (χ2n) is 4.69. The minimum atomic E-state index is 0.255. The quantitative estimate of drug-likeness (QED) is 0.845. The van der Waals surface area contributed by atoms with Crippen LogP contribution in [-0.2, 0) is 13.6 Å². The Labute approximate surface area is 107 Å². The van der Waals surface area contributed by atoms with Gasteiger partial charge in [-0.1, -0.05) is 18.0 Å². The lowest BCUT2D eigenvalue weighted by atomic mass is 9.91. The first-order valence-electron chi connectivity index (χ1n) is 6.23. The second kappa shape index (κ2) is 5.85. The number of nitrogens with zero attached hydrogens (tertiary/aromatic N) is 3. The number of hydrogen-bond acceptors (Lipinski definition) is 3. The molecule has 4 nitrogen and oxygen atoms in total. The zero-order valence-electron chi connectivity index (χ0n) is 10.3. The fourth-order valence-corrected chi connectivity index (χ4v) is 2.32. The highest BCUT2D eigenvalue weighted by molar-refractivity contribution is 6.29. The summed E-state index contributed by atoms with van der Waals surface area (Å²) in [6.45, 7) is 2.02. The van der Waals surface area contributed by atoms with Crippen molar-refractivity contribution in [1.29, 1.82) is 0 Å². The summed E-state index contributed by atoms with van der Waals surface area (Å²) >= 11 is 5.99. The minimum Gasteiger partial charge on any atom is -0.396 e. The van der Waals surface area contributed by atoms with Crippen LogP contribution in [-0.4, -0.2) is 38.8 Å². The molecular formula is C12H20ClN3O. The highest BCUT2D eigenvalue weighted by Gasteiger charge is 2.25. The molecule has 1 aromatic heterocycles. The molecule has 1 aliphatic rings. The summed E-state index contributed by atoms with van der Waals surface area (Å²) in [5.74, 6) is 1.000. The van der Waals surface area contributed by atoms with E-state index in [1.165, 1.54) is 19.3 Å². The van der Waals surface area contributed by atoms with Gasteiger partial charge in [0.15, 0.2) is 0 Å². The number of aliphatic hydroxyl groups is 1. The van der Waals surface area contributed by atoms with E-state index in [9.17, 15) is 0 Å². The summed E-state index contributed by atoms with van der Waals surface area (Å²) in [7, 11) is 1.94. The van der Waals surface area contributed by atoms with Crippen LogP contribution in [0.2, 0.25) is 5.15 Å². The number of halogens is 1. The standard InChI is InChI=1S/C12H20ClN3O/c1-15-11(13)8-14-12(15)9-16(6-3-7-17)10-4-2-5-10/h8,10,17H,2-7,9H2,1H3. The third-order valence-electron chi connectivity index (χ3n) is 3.57. The van der Waals surface area contributed by atoms with Gasteiger partial charge in [0.2, 0.25) is 0 Å². The van der Waals surface area contributed by atoms with Gasteiger partial charge in [-0.15, -0.1) is 0 Å². The fourth-order valence-electron chi connectivity index (χ4n) is 2.17. The molecule has 1 fully saturated rings. The van der Waals surface area contributed by atoms with Crippen LogP contribution in [0, 0.1) is 0 Å². The van der Waals surface area contributed by atoms with Gasteiger partial charge < -0.3 is 9.67 Å². The molecular weight excluding hydrogens is 238 g/mol. The Morgan fingerprint density at radius 1 is 1.59 bits per heavy atom. The molecule has 0 aromatic carbocycles. The molecule has 1 saturated carbocycles. The summed E-state index contributed by atoms with van der Waals surface area (Å²) in [6.07, 6.45) is 6.38. The molecule has 0 atom stereocenters. The molecule has 0 spiro atoms. The first kappa shape index (κ1) is 12.9. The van der Waals surface area contributed by atoms with Crippen LogP contribution in [0.3, 0.4) is 0 Å². The van der Waals surface area contributed by atoms with E-state index in [0.717, 1.165) is 25.3 Å². The van der Waals surface area contributed by atoms with Crippen LogP contribution in [0.5, 0.6) is 0 Å². The van der Waals surface area contributed by atoms with E-state index in [1.54, 1.807) is 6.20 Å². The second-order valence-corrected chi connectivity index (χ2v) is 5.08. The van der Waals surface area contributed by atoms with Crippen molar-refractivity contribution in [3.8, 4) is 0 Å². The summed E-state index contributed by atoms with van der Waals surface area (Å²) in [5.41, 5.74) is 0. The van der Waals surface area contributed by atoms with E-state index < -0.39 is 0 Å². The Kier molecular flexibility index (Phi) is 4.42. The normalized spacial score (nSPS) is 16.5. The van der Waals surface area contributed by atoms with Crippen molar-refractivity contribution in [1.82, 2.24) is 14.5 Å². The summed E-state index contributed by atoms with van der Waals surface area (Å²) < 4.78 is 1.92. The molecule has 5 heteroatoms. The third-order valence-corrected chi connectivity index (χ3v) is 3.92. The van der Waals surface area contributed by atoms with Crippen LogP contribution in [0.4, 0.5) is 0 Å². The number of imidazole rings is 1. The first-order valence-corrected chi connectivity index (χ1v) is 6.61.